The van der Waals surface area contributed by atoms with Gasteiger partial charge in [-0.25, -0.2) is 0 Å². The second kappa shape index (κ2) is 5.46. The monoisotopic (exact) mass is 180 g/mol. The molecule has 0 aromatic carbocycles. The van der Waals surface area contributed by atoms with E-state index in [0.717, 1.165) is 37.6 Å². The number of carbonyl (C=O) groups excluding carboxylic acids is 1. The van der Waals surface area contributed by atoms with Crippen LogP contribution in [-0.4, -0.2) is 13.0 Å². The minimum atomic E-state index is 0.728. The van der Waals surface area contributed by atoms with Crippen LogP contribution in [-0.2, 0) is 4.79 Å². The van der Waals surface area contributed by atoms with Crippen LogP contribution in [0.4, 0.5) is 0 Å². The molecule has 1 unspecified atom stereocenters. The lowest BCUT2D eigenvalue weighted by atomic mass is 9.38. The fourth-order valence-corrected chi connectivity index (χ4v) is 2.10. The van der Waals surface area contributed by atoms with Gasteiger partial charge in [-0.2, -0.15) is 0 Å². The van der Waals surface area contributed by atoms with E-state index in [0.29, 0.717) is 0 Å². The van der Waals surface area contributed by atoms with Crippen LogP contribution in [0.3, 0.4) is 0 Å². The second-order valence-electron chi connectivity index (χ2n) is 4.73. The van der Waals surface area contributed by atoms with Crippen LogP contribution in [0.1, 0.15) is 39.0 Å². The number of hydrogen-bond donors (Lipinski definition) is 0. The molecule has 0 aromatic rings. The zero-order valence-electron chi connectivity index (χ0n) is 8.96. The molecule has 0 amide bonds. The van der Waals surface area contributed by atoms with Crippen LogP contribution in [0.2, 0.25) is 19.0 Å². The molecule has 0 spiro atoms. The van der Waals surface area contributed by atoms with Gasteiger partial charge in [0, 0.05) is 6.42 Å². The summed E-state index contributed by atoms with van der Waals surface area (Å²) < 4.78 is 0. The van der Waals surface area contributed by atoms with E-state index in [4.69, 9.17) is 0 Å². The van der Waals surface area contributed by atoms with Crippen molar-refractivity contribution in [3.8, 4) is 0 Å². The predicted octanol–water partition coefficient (Wildman–Crippen LogP) is 3.28. The van der Waals surface area contributed by atoms with Gasteiger partial charge in [0.2, 0.25) is 0 Å². The van der Waals surface area contributed by atoms with Crippen molar-refractivity contribution in [2.24, 2.45) is 5.92 Å². The maximum atomic E-state index is 10.2. The van der Waals surface area contributed by atoms with Gasteiger partial charge < -0.3 is 4.79 Å². The van der Waals surface area contributed by atoms with Gasteiger partial charge in [0.1, 0.15) is 13.0 Å². The van der Waals surface area contributed by atoms with E-state index in [-0.39, 0.29) is 0 Å². The van der Waals surface area contributed by atoms with Crippen molar-refractivity contribution < 1.29 is 4.79 Å². The third-order valence-corrected chi connectivity index (χ3v) is 3.64. The molecule has 0 radical (unpaired) electrons. The zero-order chi connectivity index (χ0) is 9.68. The number of carbonyl (C=O) groups is 1. The molecule has 2 heteroatoms. The van der Waals surface area contributed by atoms with Gasteiger partial charge in [-0.1, -0.05) is 51.6 Å². The van der Waals surface area contributed by atoms with E-state index in [9.17, 15) is 4.79 Å². The minimum Gasteiger partial charge on any atom is -0.303 e. The lowest BCUT2D eigenvalue weighted by Crippen LogP contribution is -2.22. The Morgan fingerprint density at radius 2 is 2.23 bits per heavy atom. The van der Waals surface area contributed by atoms with Crippen LogP contribution in [0.5, 0.6) is 0 Å². The number of aldehydes is 1. The Bertz CT molecular complexity index is 154. The summed E-state index contributed by atoms with van der Waals surface area (Å²) in [5.74, 6) is 1.74. The Morgan fingerprint density at radius 3 is 2.69 bits per heavy atom. The largest absolute Gasteiger partial charge is 0.303 e. The molecule has 1 atom stereocenters. The first-order valence-electron chi connectivity index (χ1n) is 5.67. The van der Waals surface area contributed by atoms with Crippen molar-refractivity contribution in [1.82, 2.24) is 0 Å². The Morgan fingerprint density at radius 1 is 1.54 bits per heavy atom. The van der Waals surface area contributed by atoms with E-state index < -0.39 is 0 Å². The van der Waals surface area contributed by atoms with Gasteiger partial charge in [-0.05, 0) is 5.92 Å². The van der Waals surface area contributed by atoms with Crippen LogP contribution < -0.4 is 0 Å². The van der Waals surface area contributed by atoms with Gasteiger partial charge in [-0.15, -0.1) is 0 Å². The van der Waals surface area contributed by atoms with Crippen LogP contribution in [0, 0.1) is 5.92 Å². The molecular weight excluding hydrogens is 159 g/mol. The Labute approximate surface area is 82.4 Å². The fraction of sp³-hybridized carbons (Fsp3) is 0.909. The van der Waals surface area contributed by atoms with Crippen molar-refractivity contribution in [3.63, 3.8) is 0 Å². The van der Waals surface area contributed by atoms with E-state index in [1.165, 1.54) is 25.6 Å². The molecule has 1 aliphatic carbocycles. The highest BCUT2D eigenvalue weighted by atomic mass is 16.1. The molecule has 1 aliphatic rings. The molecule has 1 saturated carbocycles. The fourth-order valence-electron chi connectivity index (χ4n) is 2.10. The molecule has 13 heavy (non-hydrogen) atoms. The Balaban J connectivity index is 2.12. The van der Waals surface area contributed by atoms with Crippen molar-refractivity contribution in [2.75, 3.05) is 0 Å². The maximum absolute atomic E-state index is 10.2. The molecule has 0 saturated heterocycles. The SMILES string of the molecule is CB(CC1CCC1)C(C)CCC=O. The Kier molecular flexibility index (Phi) is 4.54. The first-order chi connectivity index (χ1) is 6.24. The van der Waals surface area contributed by atoms with Crippen LogP contribution in [0.15, 0.2) is 0 Å². The topological polar surface area (TPSA) is 17.1 Å². The standard InChI is InChI=1S/C11H21BO/c1-10(5-4-8-13)12(2)9-11-6-3-7-11/h8,10-11H,3-7,9H2,1-2H3. The summed E-state index contributed by atoms with van der Waals surface area (Å²) in [5.41, 5.74) is 0. The molecular formula is C11H21BO. The predicted molar refractivity (Wildman–Crippen MR) is 58.5 cm³/mol. The molecule has 0 heterocycles. The van der Waals surface area contributed by atoms with Crippen molar-refractivity contribution in [3.05, 3.63) is 0 Å². The van der Waals surface area contributed by atoms with Crippen LogP contribution >= 0.6 is 0 Å². The van der Waals surface area contributed by atoms with Gasteiger partial charge in [0.25, 0.3) is 0 Å². The zero-order valence-corrected chi connectivity index (χ0v) is 8.96. The second-order valence-corrected chi connectivity index (χ2v) is 4.73. The molecule has 0 bridgehead atoms. The third-order valence-electron chi connectivity index (χ3n) is 3.64. The molecule has 0 aliphatic heterocycles. The molecule has 0 aromatic heterocycles. The van der Waals surface area contributed by atoms with E-state index in [2.05, 4.69) is 13.7 Å². The quantitative estimate of drug-likeness (QED) is 0.452. The van der Waals surface area contributed by atoms with Gasteiger partial charge >= 0.3 is 0 Å². The summed E-state index contributed by atoms with van der Waals surface area (Å²) in [5, 5.41) is 0. The summed E-state index contributed by atoms with van der Waals surface area (Å²) >= 11 is 0. The van der Waals surface area contributed by atoms with Crippen LogP contribution in [0.25, 0.3) is 0 Å². The molecule has 1 rings (SSSR count). The highest BCUT2D eigenvalue weighted by molar-refractivity contribution is 6.58. The minimum absolute atomic E-state index is 0.728. The first-order valence-corrected chi connectivity index (χ1v) is 5.67. The summed E-state index contributed by atoms with van der Waals surface area (Å²) in [4.78, 5) is 10.2. The van der Waals surface area contributed by atoms with Gasteiger partial charge in [0.05, 0.1) is 0 Å². The summed E-state index contributed by atoms with van der Waals surface area (Å²) in [7, 11) is 0. The van der Waals surface area contributed by atoms with E-state index in [1.54, 1.807) is 0 Å². The average Bonchev–Trinajstić information content (AvgIpc) is 2.06. The normalized spacial score (nSPS) is 19.2. The highest BCUT2D eigenvalue weighted by Crippen LogP contribution is 2.33. The average molecular weight is 180 g/mol. The molecule has 1 fully saturated rings. The van der Waals surface area contributed by atoms with Crippen molar-refractivity contribution >= 4 is 13.0 Å². The molecule has 1 nitrogen and oxygen atoms in total. The molecule has 74 valence electrons. The summed E-state index contributed by atoms with van der Waals surface area (Å²) in [6.45, 7) is 5.44. The lowest BCUT2D eigenvalue weighted by molar-refractivity contribution is -0.107. The highest BCUT2D eigenvalue weighted by Gasteiger charge is 2.24. The maximum Gasteiger partial charge on any atom is 0.139 e. The van der Waals surface area contributed by atoms with Crippen molar-refractivity contribution in [2.45, 2.75) is 58.0 Å². The number of rotatable bonds is 6. The lowest BCUT2D eigenvalue weighted by Gasteiger charge is -2.29. The van der Waals surface area contributed by atoms with Gasteiger partial charge in [-0.3, -0.25) is 0 Å². The third kappa shape index (κ3) is 3.54. The van der Waals surface area contributed by atoms with Crippen molar-refractivity contribution in [1.29, 1.82) is 0 Å². The Hall–Kier alpha value is -0.265. The number of hydrogen-bond acceptors (Lipinski definition) is 1. The smallest absolute Gasteiger partial charge is 0.139 e. The molecule has 0 N–H and O–H groups in total. The van der Waals surface area contributed by atoms with Gasteiger partial charge in [0.15, 0.2) is 0 Å². The first kappa shape index (κ1) is 10.8. The van der Waals surface area contributed by atoms with E-state index >= 15 is 0 Å². The summed E-state index contributed by atoms with van der Waals surface area (Å²) in [6, 6.07) is 0. The summed E-state index contributed by atoms with van der Waals surface area (Å²) in [6.07, 6.45) is 8.61. The van der Waals surface area contributed by atoms with E-state index in [1.807, 2.05) is 0 Å².